The van der Waals surface area contributed by atoms with E-state index in [2.05, 4.69) is 0 Å². The standard InChI is InChI=1S/C5H5Cl2FO/c1-4(3(6)9)2-5(4,7)8/h2H2,1H3/t4-,5+/m1/s1. The van der Waals surface area contributed by atoms with Crippen molar-refractivity contribution in [2.75, 3.05) is 0 Å². The van der Waals surface area contributed by atoms with Crippen molar-refractivity contribution in [1.29, 1.82) is 0 Å². The summed E-state index contributed by atoms with van der Waals surface area (Å²) in [5.41, 5.74) is -1.13. The first-order valence-electron chi connectivity index (χ1n) is 2.48. The maximum atomic E-state index is 12.6. The molecule has 4 heteroatoms. The number of alkyl halides is 2. The van der Waals surface area contributed by atoms with Crippen LogP contribution in [0.2, 0.25) is 0 Å². The molecule has 1 saturated carbocycles. The Bertz CT molecular complexity index is 168. The molecule has 1 fully saturated rings. The molecule has 0 N–H and O–H groups in total. The van der Waals surface area contributed by atoms with Crippen molar-refractivity contribution in [2.24, 2.45) is 5.41 Å². The summed E-state index contributed by atoms with van der Waals surface area (Å²) in [6, 6.07) is 0. The highest BCUT2D eigenvalue weighted by Gasteiger charge is 2.69. The lowest BCUT2D eigenvalue weighted by Crippen LogP contribution is -2.12. The van der Waals surface area contributed by atoms with E-state index >= 15 is 0 Å². The molecule has 1 rings (SSSR count). The van der Waals surface area contributed by atoms with Crippen molar-refractivity contribution < 1.29 is 9.18 Å². The highest BCUT2D eigenvalue weighted by atomic mass is 35.5. The SMILES string of the molecule is C[C@]1(C(=O)Cl)C[C@@]1(F)Cl. The molecule has 0 aromatic carbocycles. The van der Waals surface area contributed by atoms with E-state index in [0.717, 1.165) is 0 Å². The molecule has 0 amide bonds. The largest absolute Gasteiger partial charge is 0.281 e. The number of carbonyl (C=O) groups is 1. The first-order chi connectivity index (χ1) is 3.90. The highest BCUT2D eigenvalue weighted by Crippen LogP contribution is 2.62. The minimum atomic E-state index is -1.88. The van der Waals surface area contributed by atoms with Crippen LogP contribution >= 0.6 is 23.2 Å². The van der Waals surface area contributed by atoms with Crippen LogP contribution in [0.3, 0.4) is 0 Å². The average molecular weight is 171 g/mol. The number of rotatable bonds is 1. The molecule has 0 saturated heterocycles. The third-order valence-electron chi connectivity index (χ3n) is 1.69. The van der Waals surface area contributed by atoms with Crippen molar-refractivity contribution in [3.05, 3.63) is 0 Å². The van der Waals surface area contributed by atoms with Gasteiger partial charge < -0.3 is 0 Å². The molecule has 0 heterocycles. The van der Waals surface area contributed by atoms with Gasteiger partial charge >= 0.3 is 0 Å². The summed E-state index contributed by atoms with van der Waals surface area (Å²) in [4.78, 5) is 10.4. The molecule has 2 atom stereocenters. The minimum Gasteiger partial charge on any atom is -0.281 e. The normalized spacial score (nSPS) is 48.9. The lowest BCUT2D eigenvalue weighted by Gasteiger charge is -2.01. The van der Waals surface area contributed by atoms with Crippen LogP contribution < -0.4 is 0 Å². The minimum absolute atomic E-state index is 0.0316. The van der Waals surface area contributed by atoms with E-state index in [4.69, 9.17) is 23.2 Å². The first-order valence-corrected chi connectivity index (χ1v) is 3.23. The maximum Gasteiger partial charge on any atom is 0.232 e. The molecule has 0 bridgehead atoms. The van der Waals surface area contributed by atoms with Crippen molar-refractivity contribution >= 4 is 28.4 Å². The van der Waals surface area contributed by atoms with Crippen LogP contribution in [0.5, 0.6) is 0 Å². The van der Waals surface area contributed by atoms with E-state index in [0.29, 0.717) is 0 Å². The van der Waals surface area contributed by atoms with E-state index in [1.54, 1.807) is 0 Å². The average Bonchev–Trinajstić information content (AvgIpc) is 2.08. The van der Waals surface area contributed by atoms with Gasteiger partial charge in [0, 0.05) is 6.42 Å². The van der Waals surface area contributed by atoms with Crippen molar-refractivity contribution in [2.45, 2.75) is 18.5 Å². The quantitative estimate of drug-likeness (QED) is 0.435. The molecule has 1 nitrogen and oxygen atoms in total. The number of carbonyl (C=O) groups excluding carboxylic acids is 1. The zero-order chi connectivity index (χ0) is 7.28. The van der Waals surface area contributed by atoms with Gasteiger partial charge in [0.1, 0.15) is 0 Å². The maximum absolute atomic E-state index is 12.6. The van der Waals surface area contributed by atoms with Gasteiger partial charge in [-0.1, -0.05) is 11.6 Å². The fraction of sp³-hybridized carbons (Fsp3) is 0.800. The van der Waals surface area contributed by atoms with Crippen LogP contribution in [0.4, 0.5) is 4.39 Å². The molecule has 0 aliphatic heterocycles. The predicted octanol–water partition coefficient (Wildman–Crippen LogP) is 2.07. The van der Waals surface area contributed by atoms with Gasteiger partial charge in [-0.3, -0.25) is 4.79 Å². The van der Waals surface area contributed by atoms with Gasteiger partial charge in [-0.15, -0.1) is 0 Å². The Balaban J connectivity index is 2.74. The van der Waals surface area contributed by atoms with Gasteiger partial charge in [0.15, 0.2) is 5.13 Å². The third-order valence-corrected chi connectivity index (χ3v) is 2.66. The molecule has 1 aliphatic rings. The highest BCUT2D eigenvalue weighted by molar-refractivity contribution is 6.66. The predicted molar refractivity (Wildman–Crippen MR) is 33.3 cm³/mol. The Kier molecular flexibility index (Phi) is 1.30. The van der Waals surface area contributed by atoms with Crippen LogP contribution in [0.25, 0.3) is 0 Å². The summed E-state index contributed by atoms with van der Waals surface area (Å²) in [5, 5.41) is -2.58. The van der Waals surface area contributed by atoms with Gasteiger partial charge in [-0.25, -0.2) is 4.39 Å². The second kappa shape index (κ2) is 1.61. The lowest BCUT2D eigenvalue weighted by molar-refractivity contribution is -0.116. The molecule has 52 valence electrons. The van der Waals surface area contributed by atoms with Crippen LogP contribution in [-0.4, -0.2) is 10.4 Å². The van der Waals surface area contributed by atoms with E-state index in [1.807, 2.05) is 0 Å². The van der Waals surface area contributed by atoms with Crippen molar-refractivity contribution in [3.63, 3.8) is 0 Å². The zero-order valence-electron chi connectivity index (χ0n) is 4.75. The number of halogens is 3. The Morgan fingerprint density at radius 1 is 1.78 bits per heavy atom. The topological polar surface area (TPSA) is 17.1 Å². The van der Waals surface area contributed by atoms with Crippen molar-refractivity contribution in [1.82, 2.24) is 0 Å². The summed E-state index contributed by atoms with van der Waals surface area (Å²) < 4.78 is 12.6. The smallest absolute Gasteiger partial charge is 0.232 e. The summed E-state index contributed by atoms with van der Waals surface area (Å²) in [6.45, 7) is 1.41. The summed E-state index contributed by atoms with van der Waals surface area (Å²) in [6.07, 6.45) is 0.0316. The Morgan fingerprint density at radius 2 is 2.11 bits per heavy atom. The summed E-state index contributed by atoms with van der Waals surface area (Å²) in [5.74, 6) is 0. The Labute approximate surface area is 62.1 Å². The van der Waals surface area contributed by atoms with Gasteiger partial charge in [0.05, 0.1) is 5.41 Å². The van der Waals surface area contributed by atoms with E-state index in [9.17, 15) is 9.18 Å². The van der Waals surface area contributed by atoms with Crippen LogP contribution in [0, 0.1) is 5.41 Å². The number of hydrogen-bond donors (Lipinski definition) is 0. The molecule has 1 aliphatic carbocycles. The first kappa shape index (κ1) is 7.29. The van der Waals surface area contributed by atoms with Gasteiger partial charge in [0.25, 0.3) is 0 Å². The second-order valence-electron chi connectivity index (χ2n) is 2.49. The fourth-order valence-electron chi connectivity index (χ4n) is 0.613. The fourth-order valence-corrected chi connectivity index (χ4v) is 1.23. The van der Waals surface area contributed by atoms with Crippen LogP contribution in [0.15, 0.2) is 0 Å². The number of hydrogen-bond acceptors (Lipinski definition) is 1. The molecule has 0 radical (unpaired) electrons. The van der Waals surface area contributed by atoms with Gasteiger partial charge in [0.2, 0.25) is 5.24 Å². The summed E-state index contributed by atoms with van der Waals surface area (Å²) in [7, 11) is 0. The van der Waals surface area contributed by atoms with Crippen LogP contribution in [-0.2, 0) is 4.79 Å². The van der Waals surface area contributed by atoms with Crippen molar-refractivity contribution in [3.8, 4) is 0 Å². The lowest BCUT2D eigenvalue weighted by atomic mass is 10.2. The Morgan fingerprint density at radius 3 is 2.11 bits per heavy atom. The molecular weight excluding hydrogens is 166 g/mol. The molecule has 0 spiro atoms. The third kappa shape index (κ3) is 0.849. The van der Waals surface area contributed by atoms with E-state index < -0.39 is 15.8 Å². The van der Waals surface area contributed by atoms with Gasteiger partial charge in [-0.05, 0) is 18.5 Å². The monoisotopic (exact) mass is 170 g/mol. The Hall–Kier alpha value is 0.180. The molecule has 0 aromatic heterocycles. The molecule has 0 aromatic rings. The van der Waals surface area contributed by atoms with E-state index in [-0.39, 0.29) is 6.42 Å². The molecular formula is C5H5Cl2FO. The zero-order valence-corrected chi connectivity index (χ0v) is 6.26. The molecule has 0 unspecified atom stereocenters. The van der Waals surface area contributed by atoms with E-state index in [1.165, 1.54) is 6.92 Å². The van der Waals surface area contributed by atoms with Crippen LogP contribution in [0.1, 0.15) is 13.3 Å². The molecule has 9 heavy (non-hydrogen) atoms. The second-order valence-corrected chi connectivity index (χ2v) is 3.43. The summed E-state index contributed by atoms with van der Waals surface area (Å²) >= 11 is 10.2. The van der Waals surface area contributed by atoms with Gasteiger partial charge in [-0.2, -0.15) is 0 Å².